The van der Waals surface area contributed by atoms with Gasteiger partial charge in [0.25, 0.3) is 0 Å². The Labute approximate surface area is 150 Å². The third-order valence-electron chi connectivity index (χ3n) is 4.35. The van der Waals surface area contributed by atoms with E-state index in [0.29, 0.717) is 6.54 Å². The Hall–Kier alpha value is -1.59. The average molecular weight is 354 g/mol. The first-order valence-corrected chi connectivity index (χ1v) is 8.44. The first kappa shape index (κ1) is 20.5. The maximum atomic E-state index is 12.0. The summed E-state index contributed by atoms with van der Waals surface area (Å²) in [4.78, 5) is 24.0. The van der Waals surface area contributed by atoms with Crippen LogP contribution in [0.3, 0.4) is 0 Å². The number of nitrogens with two attached hydrogens (primary N) is 1. The average Bonchev–Trinajstić information content (AvgIpc) is 3.08. The quantitative estimate of drug-likeness (QED) is 0.703. The van der Waals surface area contributed by atoms with Crippen LogP contribution in [0.5, 0.6) is 0 Å². The molecule has 0 aromatic heterocycles. The summed E-state index contributed by atoms with van der Waals surface area (Å²) < 4.78 is 0. The topological polar surface area (TPSA) is 84.2 Å². The van der Waals surface area contributed by atoms with E-state index in [0.717, 1.165) is 31.2 Å². The summed E-state index contributed by atoms with van der Waals surface area (Å²) >= 11 is 0. The van der Waals surface area contributed by atoms with Gasteiger partial charge in [0, 0.05) is 31.0 Å². The fourth-order valence-electron chi connectivity index (χ4n) is 2.99. The van der Waals surface area contributed by atoms with E-state index in [1.54, 1.807) is 0 Å². The molecule has 2 amide bonds. The minimum Gasteiger partial charge on any atom is -0.354 e. The van der Waals surface area contributed by atoms with E-state index in [4.69, 9.17) is 5.73 Å². The summed E-state index contributed by atoms with van der Waals surface area (Å²) in [6, 6.07) is 9.31. The fourth-order valence-corrected chi connectivity index (χ4v) is 2.99. The molecule has 2 unspecified atom stereocenters. The van der Waals surface area contributed by atoms with Crippen LogP contribution in [0.25, 0.3) is 0 Å². The summed E-state index contributed by atoms with van der Waals surface area (Å²) in [6.07, 6.45) is 4.47. The van der Waals surface area contributed by atoms with Crippen molar-refractivity contribution in [1.29, 1.82) is 0 Å². The van der Waals surface area contributed by atoms with Crippen LogP contribution in [-0.4, -0.2) is 24.4 Å². The van der Waals surface area contributed by atoms with Gasteiger partial charge in [0.15, 0.2) is 0 Å². The molecule has 0 spiro atoms. The van der Waals surface area contributed by atoms with E-state index in [9.17, 15) is 9.59 Å². The molecule has 0 aliphatic heterocycles. The molecule has 2 atom stereocenters. The maximum absolute atomic E-state index is 12.0. The molecule has 0 radical (unpaired) electrons. The Morgan fingerprint density at radius 3 is 2.46 bits per heavy atom. The van der Waals surface area contributed by atoms with Gasteiger partial charge in [-0.25, -0.2) is 0 Å². The van der Waals surface area contributed by atoms with Crippen LogP contribution in [0.4, 0.5) is 0 Å². The zero-order chi connectivity index (χ0) is 16.7. The van der Waals surface area contributed by atoms with Crippen LogP contribution >= 0.6 is 12.4 Å². The van der Waals surface area contributed by atoms with Crippen LogP contribution < -0.4 is 16.4 Å². The van der Waals surface area contributed by atoms with E-state index >= 15 is 0 Å². The highest BCUT2D eigenvalue weighted by Crippen LogP contribution is 2.24. The van der Waals surface area contributed by atoms with E-state index in [1.165, 1.54) is 0 Å². The number of benzene rings is 1. The third kappa shape index (κ3) is 6.49. The zero-order valence-electron chi connectivity index (χ0n) is 14.2. The Morgan fingerprint density at radius 2 is 1.83 bits per heavy atom. The van der Waals surface area contributed by atoms with Gasteiger partial charge in [-0.3, -0.25) is 9.59 Å². The largest absolute Gasteiger partial charge is 0.354 e. The van der Waals surface area contributed by atoms with Crippen molar-refractivity contribution in [3.8, 4) is 0 Å². The van der Waals surface area contributed by atoms with Crippen LogP contribution in [0.1, 0.15) is 50.6 Å². The van der Waals surface area contributed by atoms with E-state index in [2.05, 4.69) is 10.6 Å². The van der Waals surface area contributed by atoms with Crippen LogP contribution in [0, 0.1) is 5.92 Å². The molecule has 0 saturated heterocycles. The summed E-state index contributed by atoms with van der Waals surface area (Å²) in [5, 5.41) is 5.78. The number of halogens is 1. The van der Waals surface area contributed by atoms with Gasteiger partial charge in [-0.05, 0) is 25.3 Å². The van der Waals surface area contributed by atoms with E-state index < -0.39 is 0 Å². The minimum atomic E-state index is -0.219. The van der Waals surface area contributed by atoms with Crippen LogP contribution in [0.15, 0.2) is 30.3 Å². The van der Waals surface area contributed by atoms with Crippen molar-refractivity contribution in [1.82, 2.24) is 10.6 Å². The van der Waals surface area contributed by atoms with Crippen LogP contribution in [0.2, 0.25) is 0 Å². The number of carbonyl (C=O) groups is 2. The molecular formula is C18H28ClN3O2. The SMILES string of the molecule is CC(CC(=O)NCC(N)c1ccccc1)NC(=O)C1CCCC1.Cl. The maximum Gasteiger partial charge on any atom is 0.223 e. The summed E-state index contributed by atoms with van der Waals surface area (Å²) in [5.74, 6) is 0.131. The van der Waals surface area contributed by atoms with Gasteiger partial charge >= 0.3 is 0 Å². The summed E-state index contributed by atoms with van der Waals surface area (Å²) in [6.45, 7) is 2.26. The van der Waals surface area contributed by atoms with Crippen molar-refractivity contribution in [2.24, 2.45) is 11.7 Å². The number of hydrogen-bond donors (Lipinski definition) is 3. The second-order valence-corrected chi connectivity index (χ2v) is 6.42. The molecule has 1 aromatic rings. The number of rotatable bonds is 7. The molecule has 0 bridgehead atoms. The van der Waals surface area contributed by atoms with Crippen molar-refractivity contribution in [3.05, 3.63) is 35.9 Å². The fraction of sp³-hybridized carbons (Fsp3) is 0.556. The molecule has 0 heterocycles. The molecule has 1 aromatic carbocycles. The van der Waals surface area contributed by atoms with E-state index in [1.807, 2.05) is 37.3 Å². The number of carbonyl (C=O) groups excluding carboxylic acids is 2. The molecular weight excluding hydrogens is 326 g/mol. The first-order valence-electron chi connectivity index (χ1n) is 8.44. The van der Waals surface area contributed by atoms with Crippen molar-refractivity contribution in [3.63, 3.8) is 0 Å². The number of amides is 2. The molecule has 5 nitrogen and oxygen atoms in total. The van der Waals surface area contributed by atoms with Crippen molar-refractivity contribution in [2.45, 2.75) is 51.1 Å². The lowest BCUT2D eigenvalue weighted by Crippen LogP contribution is -2.40. The standard InChI is InChI=1S/C18H27N3O2.ClH/c1-13(21-18(23)15-9-5-6-10-15)11-17(22)20-12-16(19)14-7-3-2-4-8-14;/h2-4,7-8,13,15-16H,5-6,9-12,19H2,1H3,(H,20,22)(H,21,23);1H. The lowest BCUT2D eigenvalue weighted by molar-refractivity contribution is -0.126. The first-order chi connectivity index (χ1) is 11.1. The van der Waals surface area contributed by atoms with E-state index in [-0.39, 0.29) is 48.6 Å². The molecule has 1 aliphatic rings. The Bertz CT molecular complexity index is 518. The third-order valence-corrected chi connectivity index (χ3v) is 4.35. The molecule has 1 aliphatic carbocycles. The zero-order valence-corrected chi connectivity index (χ0v) is 15.0. The van der Waals surface area contributed by atoms with Crippen molar-refractivity contribution >= 4 is 24.2 Å². The predicted molar refractivity (Wildman–Crippen MR) is 97.8 cm³/mol. The van der Waals surface area contributed by atoms with Gasteiger partial charge in [-0.1, -0.05) is 43.2 Å². The van der Waals surface area contributed by atoms with Crippen LogP contribution in [-0.2, 0) is 9.59 Å². The smallest absolute Gasteiger partial charge is 0.223 e. The van der Waals surface area contributed by atoms with Gasteiger partial charge < -0.3 is 16.4 Å². The van der Waals surface area contributed by atoms with Gasteiger partial charge in [-0.2, -0.15) is 0 Å². The molecule has 134 valence electrons. The van der Waals surface area contributed by atoms with Gasteiger partial charge in [0.05, 0.1) is 0 Å². The lowest BCUT2D eigenvalue weighted by Gasteiger charge is -2.18. The Morgan fingerprint density at radius 1 is 1.21 bits per heavy atom. The molecule has 4 N–H and O–H groups in total. The second kappa shape index (κ2) is 10.3. The van der Waals surface area contributed by atoms with Gasteiger partial charge in [0.1, 0.15) is 0 Å². The highest BCUT2D eigenvalue weighted by Gasteiger charge is 2.24. The Balaban J connectivity index is 0.00000288. The van der Waals surface area contributed by atoms with Gasteiger partial charge in [0.2, 0.25) is 11.8 Å². The normalized spacial score (nSPS) is 16.8. The highest BCUT2D eigenvalue weighted by atomic mass is 35.5. The van der Waals surface area contributed by atoms with Crippen molar-refractivity contribution in [2.75, 3.05) is 6.54 Å². The number of hydrogen-bond acceptors (Lipinski definition) is 3. The van der Waals surface area contributed by atoms with Crippen molar-refractivity contribution < 1.29 is 9.59 Å². The highest BCUT2D eigenvalue weighted by molar-refractivity contribution is 5.85. The van der Waals surface area contributed by atoms with Gasteiger partial charge in [-0.15, -0.1) is 12.4 Å². The monoisotopic (exact) mass is 353 g/mol. The second-order valence-electron chi connectivity index (χ2n) is 6.42. The Kier molecular flexibility index (Phi) is 8.79. The molecule has 1 fully saturated rings. The molecule has 2 rings (SSSR count). The summed E-state index contributed by atoms with van der Waals surface area (Å²) in [5.41, 5.74) is 7.05. The lowest BCUT2D eigenvalue weighted by atomic mass is 10.1. The predicted octanol–water partition coefficient (Wildman–Crippen LogP) is 2.31. The molecule has 6 heteroatoms. The molecule has 1 saturated carbocycles. The summed E-state index contributed by atoms with van der Waals surface area (Å²) in [7, 11) is 0. The number of nitrogens with one attached hydrogen (secondary N) is 2. The minimum absolute atomic E-state index is 0. The molecule has 24 heavy (non-hydrogen) atoms.